The first kappa shape index (κ1) is 18.6. The number of amidine groups is 1. The minimum atomic E-state index is -0.368. The summed E-state index contributed by atoms with van der Waals surface area (Å²) in [5.74, 6) is 0.532. The molecule has 1 unspecified atom stereocenters. The average molecular weight is 429 g/mol. The average Bonchev–Trinajstić information content (AvgIpc) is 2.94. The molecular formula is C18H28IN3O. The fourth-order valence-electron chi connectivity index (χ4n) is 3.37. The van der Waals surface area contributed by atoms with Gasteiger partial charge in [0.2, 0.25) is 5.91 Å². The predicted molar refractivity (Wildman–Crippen MR) is 104 cm³/mol. The topological polar surface area (TPSA) is 58.7 Å². The summed E-state index contributed by atoms with van der Waals surface area (Å²) in [6, 6.07) is -0.368. The van der Waals surface area contributed by atoms with Crippen LogP contribution in [-0.4, -0.2) is 27.2 Å². The standard InChI is InChI=1S/C18H28IN3O/c1-2-14(15-9-7-5-3-4-6-8-10-15)13-21-18(19)22-12-11-16(20)17(22)23/h2,13,15-16H,1,3-12,20H2/b14-13+,21-18+. The van der Waals surface area contributed by atoms with Crippen LogP contribution in [0.15, 0.2) is 29.4 Å². The Morgan fingerprint density at radius 2 is 1.78 bits per heavy atom. The number of carbonyl (C=O) groups excluding carboxylic acids is 1. The number of hydrogen-bond donors (Lipinski definition) is 1. The molecule has 5 heteroatoms. The molecule has 2 fully saturated rings. The molecule has 2 N–H and O–H groups in total. The summed E-state index contributed by atoms with van der Waals surface area (Å²) in [6.45, 7) is 4.64. The molecule has 1 amide bonds. The zero-order valence-corrected chi connectivity index (χ0v) is 16.0. The monoisotopic (exact) mass is 429 g/mol. The lowest BCUT2D eigenvalue weighted by molar-refractivity contribution is -0.125. The number of halogens is 1. The Hall–Kier alpha value is -0.690. The molecule has 4 nitrogen and oxygen atoms in total. The fourth-order valence-corrected chi connectivity index (χ4v) is 3.99. The first-order valence-electron chi connectivity index (χ1n) is 8.76. The van der Waals surface area contributed by atoms with Gasteiger partial charge >= 0.3 is 0 Å². The Balaban J connectivity index is 2.05. The smallest absolute Gasteiger partial charge is 0.245 e. The van der Waals surface area contributed by atoms with E-state index in [4.69, 9.17) is 5.73 Å². The largest absolute Gasteiger partial charge is 0.320 e. The van der Waals surface area contributed by atoms with Gasteiger partial charge in [-0.2, -0.15) is 0 Å². The van der Waals surface area contributed by atoms with E-state index < -0.39 is 0 Å². The van der Waals surface area contributed by atoms with Crippen LogP contribution in [-0.2, 0) is 4.79 Å². The number of amides is 1. The highest BCUT2D eigenvalue weighted by Gasteiger charge is 2.30. The maximum Gasteiger partial charge on any atom is 0.245 e. The van der Waals surface area contributed by atoms with Crippen molar-refractivity contribution in [2.75, 3.05) is 6.54 Å². The number of hydrogen-bond acceptors (Lipinski definition) is 3. The number of nitrogens with two attached hydrogens (primary N) is 1. The number of aliphatic imine (C=N–C) groups is 1. The van der Waals surface area contributed by atoms with Crippen molar-refractivity contribution in [1.29, 1.82) is 0 Å². The first-order chi connectivity index (χ1) is 11.1. The second-order valence-corrected chi connectivity index (χ2v) is 7.48. The Labute approximate surface area is 153 Å². The van der Waals surface area contributed by atoms with Crippen LogP contribution in [0.4, 0.5) is 0 Å². The zero-order chi connectivity index (χ0) is 16.7. The Morgan fingerprint density at radius 1 is 1.17 bits per heavy atom. The van der Waals surface area contributed by atoms with Crippen LogP contribution in [0.3, 0.4) is 0 Å². The Kier molecular flexibility index (Phi) is 7.76. The number of carbonyl (C=O) groups is 1. The highest BCUT2D eigenvalue weighted by atomic mass is 127. The van der Waals surface area contributed by atoms with E-state index in [2.05, 4.69) is 34.2 Å². The van der Waals surface area contributed by atoms with Crippen LogP contribution in [0.1, 0.15) is 57.8 Å². The van der Waals surface area contributed by atoms with Crippen molar-refractivity contribution in [3.8, 4) is 0 Å². The van der Waals surface area contributed by atoms with Gasteiger partial charge in [0.05, 0.1) is 6.04 Å². The molecule has 0 spiro atoms. The van der Waals surface area contributed by atoms with Crippen LogP contribution in [0, 0.1) is 5.92 Å². The summed E-state index contributed by atoms with van der Waals surface area (Å²) >= 11 is 2.13. The van der Waals surface area contributed by atoms with Crippen molar-refractivity contribution >= 4 is 32.3 Å². The van der Waals surface area contributed by atoms with Gasteiger partial charge in [-0.05, 0) is 30.8 Å². The zero-order valence-electron chi connectivity index (χ0n) is 13.8. The molecule has 0 aromatic rings. The molecule has 1 heterocycles. The summed E-state index contributed by atoms with van der Waals surface area (Å²) in [7, 11) is 0. The predicted octanol–water partition coefficient (Wildman–Crippen LogP) is 4.16. The lowest BCUT2D eigenvalue weighted by Crippen LogP contribution is -2.35. The van der Waals surface area contributed by atoms with Gasteiger partial charge in [-0.15, -0.1) is 0 Å². The van der Waals surface area contributed by atoms with Gasteiger partial charge in [0.25, 0.3) is 0 Å². The van der Waals surface area contributed by atoms with E-state index in [9.17, 15) is 4.79 Å². The van der Waals surface area contributed by atoms with Gasteiger partial charge in [0.1, 0.15) is 0 Å². The van der Waals surface area contributed by atoms with E-state index in [1.807, 2.05) is 12.3 Å². The molecule has 23 heavy (non-hydrogen) atoms. The number of likely N-dealkylation sites (tertiary alicyclic amines) is 1. The van der Waals surface area contributed by atoms with Crippen LogP contribution in [0.5, 0.6) is 0 Å². The molecule has 1 saturated heterocycles. The Morgan fingerprint density at radius 3 is 2.30 bits per heavy atom. The van der Waals surface area contributed by atoms with Crippen molar-refractivity contribution in [2.24, 2.45) is 16.6 Å². The summed E-state index contributed by atoms with van der Waals surface area (Å²) in [5, 5.41) is 0. The van der Waals surface area contributed by atoms with Crippen molar-refractivity contribution in [2.45, 2.75) is 63.8 Å². The highest BCUT2D eigenvalue weighted by Crippen LogP contribution is 2.28. The molecule has 1 aliphatic carbocycles. The molecule has 2 rings (SSSR count). The van der Waals surface area contributed by atoms with Crippen molar-refractivity contribution in [3.63, 3.8) is 0 Å². The van der Waals surface area contributed by atoms with E-state index >= 15 is 0 Å². The minimum Gasteiger partial charge on any atom is -0.320 e. The van der Waals surface area contributed by atoms with E-state index in [-0.39, 0.29) is 11.9 Å². The molecule has 1 atom stereocenters. The maximum atomic E-state index is 12.0. The molecule has 0 bridgehead atoms. The van der Waals surface area contributed by atoms with E-state index in [0.29, 0.717) is 22.7 Å². The van der Waals surface area contributed by atoms with Crippen molar-refractivity contribution in [3.05, 3.63) is 24.4 Å². The SMILES string of the molecule is C=C/C(=C\N=C(/I)N1CCC(N)C1=O)C1CCCCCCCC1. The van der Waals surface area contributed by atoms with Crippen LogP contribution in [0.25, 0.3) is 0 Å². The second kappa shape index (κ2) is 9.57. The number of allylic oxidation sites excluding steroid dienone is 2. The van der Waals surface area contributed by atoms with Gasteiger partial charge in [-0.1, -0.05) is 51.2 Å². The summed E-state index contributed by atoms with van der Waals surface area (Å²) < 4.78 is 0.711. The summed E-state index contributed by atoms with van der Waals surface area (Å²) in [5.41, 5.74) is 6.98. The van der Waals surface area contributed by atoms with E-state index in [1.165, 1.54) is 56.9 Å². The van der Waals surface area contributed by atoms with Crippen molar-refractivity contribution < 1.29 is 4.79 Å². The lowest BCUT2D eigenvalue weighted by Gasteiger charge is -2.17. The number of rotatable bonds is 3. The molecule has 0 aromatic carbocycles. The fraction of sp³-hybridized carbons (Fsp3) is 0.667. The van der Waals surface area contributed by atoms with Crippen LogP contribution < -0.4 is 5.73 Å². The molecule has 0 radical (unpaired) electrons. The summed E-state index contributed by atoms with van der Waals surface area (Å²) in [4.78, 5) is 18.2. The number of nitrogens with zero attached hydrogens (tertiary/aromatic N) is 2. The third-order valence-corrected chi connectivity index (χ3v) is 5.71. The lowest BCUT2D eigenvalue weighted by atomic mass is 9.90. The molecule has 2 aliphatic rings. The third kappa shape index (κ3) is 5.41. The van der Waals surface area contributed by atoms with Gasteiger partial charge < -0.3 is 5.73 Å². The Bertz CT molecular complexity index is 477. The normalized spacial score (nSPS) is 25.9. The molecule has 1 aliphatic heterocycles. The minimum absolute atomic E-state index is 0.0193. The highest BCUT2D eigenvalue weighted by molar-refractivity contribution is 14.1. The third-order valence-electron chi connectivity index (χ3n) is 4.85. The molecule has 128 valence electrons. The van der Waals surface area contributed by atoms with Gasteiger partial charge in [-0.3, -0.25) is 9.69 Å². The van der Waals surface area contributed by atoms with Gasteiger partial charge in [0.15, 0.2) is 3.84 Å². The molecule has 1 saturated carbocycles. The molecular weight excluding hydrogens is 401 g/mol. The van der Waals surface area contributed by atoms with E-state index in [0.717, 1.165) is 0 Å². The van der Waals surface area contributed by atoms with Crippen molar-refractivity contribution in [1.82, 2.24) is 4.90 Å². The van der Waals surface area contributed by atoms with Gasteiger partial charge in [0, 0.05) is 35.3 Å². The quantitative estimate of drug-likeness (QED) is 0.241. The van der Waals surface area contributed by atoms with Crippen LogP contribution in [0.2, 0.25) is 0 Å². The van der Waals surface area contributed by atoms with Crippen LogP contribution >= 0.6 is 22.6 Å². The van der Waals surface area contributed by atoms with Gasteiger partial charge in [-0.25, -0.2) is 4.99 Å². The van der Waals surface area contributed by atoms with E-state index in [1.54, 1.807) is 4.90 Å². The second-order valence-electron chi connectivity index (χ2n) is 6.51. The summed E-state index contributed by atoms with van der Waals surface area (Å²) in [6.07, 6.45) is 15.0. The molecule has 0 aromatic heterocycles. The first-order valence-corrected chi connectivity index (χ1v) is 9.84. The maximum absolute atomic E-state index is 12.0.